The van der Waals surface area contributed by atoms with Gasteiger partial charge in [-0.1, -0.05) is 30.3 Å². The van der Waals surface area contributed by atoms with E-state index in [0.29, 0.717) is 46.4 Å². The number of halogens is 1. The van der Waals surface area contributed by atoms with Crippen LogP contribution in [0, 0.1) is 0 Å². The number of nitrogens with one attached hydrogen (secondary N) is 2. The van der Waals surface area contributed by atoms with Gasteiger partial charge in [-0.2, -0.15) is 0 Å². The third-order valence-corrected chi connectivity index (χ3v) is 8.38. The normalized spacial score (nSPS) is 20.7. The molecule has 226 valence electrons. The molecular weight excluding hydrogens is 570 g/mol. The minimum absolute atomic E-state index is 0.00342. The zero-order valence-corrected chi connectivity index (χ0v) is 24.9. The first kappa shape index (κ1) is 29.2. The van der Waals surface area contributed by atoms with Crippen molar-refractivity contribution in [2.75, 3.05) is 73.7 Å². The van der Waals surface area contributed by atoms with Crippen LogP contribution in [0.4, 0.5) is 28.7 Å². The van der Waals surface area contributed by atoms with Gasteiger partial charge in [0.25, 0.3) is 0 Å². The van der Waals surface area contributed by atoms with Crippen LogP contribution < -0.4 is 25.3 Å². The first-order valence-electron chi connectivity index (χ1n) is 14.5. The van der Waals surface area contributed by atoms with Crippen molar-refractivity contribution in [1.82, 2.24) is 14.9 Å². The van der Waals surface area contributed by atoms with Crippen LogP contribution in [-0.2, 0) is 14.4 Å². The van der Waals surface area contributed by atoms with Crippen molar-refractivity contribution in [2.24, 2.45) is 0 Å². The van der Waals surface area contributed by atoms with Crippen LogP contribution in [0.5, 0.6) is 5.75 Å². The average Bonchev–Trinajstić information content (AvgIpc) is 3.73. The topological polar surface area (TPSA) is 104 Å². The van der Waals surface area contributed by atoms with E-state index < -0.39 is 0 Å². The lowest BCUT2D eigenvalue weighted by atomic mass is 10.0. The van der Waals surface area contributed by atoms with Gasteiger partial charge in [-0.25, -0.2) is 15.0 Å². The lowest BCUT2D eigenvalue weighted by molar-refractivity contribution is -0.111. The quantitative estimate of drug-likeness (QED) is 0.331. The van der Waals surface area contributed by atoms with E-state index in [-0.39, 0.29) is 11.9 Å². The standard InChI is InChI=1S/C31H36ClN7O4/c1-3-31(40)36-24-16-25(28(41-2)17-27(24)38-10-8-23(19-38)37-11-14-42-15-12-37)35-29-18-30(34-20-33-29)39-26(9-13-43-39)21-4-6-22(32)7-5-21/h3-7,16-18,20,23,26H,1,8-15,19H2,2H3,(H,36,40)(H,33,34,35)/t23-,26+/m0/s1. The smallest absolute Gasteiger partial charge is 0.247 e. The van der Waals surface area contributed by atoms with Crippen molar-refractivity contribution >= 4 is 46.2 Å². The molecule has 2 aromatic carbocycles. The lowest BCUT2D eigenvalue weighted by Gasteiger charge is -2.32. The number of methoxy groups -OCH3 is 1. The number of carbonyl (C=O) groups is 1. The highest BCUT2D eigenvalue weighted by Crippen LogP contribution is 2.41. The fourth-order valence-electron chi connectivity index (χ4n) is 5.94. The highest BCUT2D eigenvalue weighted by atomic mass is 35.5. The Morgan fingerprint density at radius 3 is 2.65 bits per heavy atom. The number of benzene rings is 2. The van der Waals surface area contributed by atoms with Gasteiger partial charge in [0.1, 0.15) is 17.9 Å². The average molecular weight is 606 g/mol. The number of morpholine rings is 1. The van der Waals surface area contributed by atoms with Crippen LogP contribution in [-0.4, -0.2) is 79.9 Å². The molecule has 3 saturated heterocycles. The van der Waals surface area contributed by atoms with Crippen molar-refractivity contribution in [3.05, 3.63) is 72.0 Å². The van der Waals surface area contributed by atoms with Gasteiger partial charge >= 0.3 is 0 Å². The first-order valence-corrected chi connectivity index (χ1v) is 14.9. The monoisotopic (exact) mass is 605 g/mol. The Morgan fingerprint density at radius 1 is 1.07 bits per heavy atom. The van der Waals surface area contributed by atoms with Crippen LogP contribution in [0.25, 0.3) is 0 Å². The van der Waals surface area contributed by atoms with Gasteiger partial charge in [0.2, 0.25) is 5.91 Å². The van der Waals surface area contributed by atoms with Crippen molar-refractivity contribution in [3.8, 4) is 5.75 Å². The fraction of sp³-hybridized carbons (Fsp3) is 0.387. The highest BCUT2D eigenvalue weighted by Gasteiger charge is 2.31. The fourth-order valence-corrected chi connectivity index (χ4v) is 6.07. The molecule has 0 saturated carbocycles. The van der Waals surface area contributed by atoms with Gasteiger partial charge in [-0.3, -0.25) is 14.5 Å². The summed E-state index contributed by atoms with van der Waals surface area (Å²) >= 11 is 6.11. The number of rotatable bonds is 9. The molecule has 0 radical (unpaired) electrons. The van der Waals surface area contributed by atoms with Gasteiger partial charge in [-0.15, -0.1) is 0 Å². The van der Waals surface area contributed by atoms with E-state index in [1.54, 1.807) is 7.11 Å². The summed E-state index contributed by atoms with van der Waals surface area (Å²) in [4.78, 5) is 32.2. The molecule has 0 spiro atoms. The molecule has 2 N–H and O–H groups in total. The number of amides is 1. The van der Waals surface area contributed by atoms with Crippen LogP contribution >= 0.6 is 11.6 Å². The van der Waals surface area contributed by atoms with E-state index in [0.717, 1.165) is 63.5 Å². The van der Waals surface area contributed by atoms with Crippen LogP contribution in [0.1, 0.15) is 24.4 Å². The SMILES string of the molecule is C=CC(=O)Nc1cc(Nc2cc(N3OCC[C@@H]3c3ccc(Cl)cc3)ncn2)c(OC)cc1N1CC[C@H](N2CCOCC2)C1. The van der Waals surface area contributed by atoms with Crippen LogP contribution in [0.2, 0.25) is 5.02 Å². The summed E-state index contributed by atoms with van der Waals surface area (Å²) in [7, 11) is 1.63. The number of hydroxylamine groups is 1. The van der Waals surface area contributed by atoms with Gasteiger partial charge in [0, 0.05) is 55.8 Å². The number of ether oxygens (including phenoxy) is 2. The van der Waals surface area contributed by atoms with Crippen molar-refractivity contribution < 1.29 is 19.1 Å². The zero-order valence-electron chi connectivity index (χ0n) is 24.2. The molecule has 11 nitrogen and oxygen atoms in total. The Hall–Kier alpha value is -3.90. The molecule has 1 amide bonds. The predicted molar refractivity (Wildman–Crippen MR) is 167 cm³/mol. The molecule has 3 aliphatic rings. The molecule has 43 heavy (non-hydrogen) atoms. The maximum atomic E-state index is 12.5. The molecule has 3 aliphatic heterocycles. The van der Waals surface area contributed by atoms with E-state index >= 15 is 0 Å². The van der Waals surface area contributed by atoms with Gasteiger partial charge < -0.3 is 25.0 Å². The Balaban J connectivity index is 1.26. The highest BCUT2D eigenvalue weighted by molar-refractivity contribution is 6.30. The number of nitrogens with zero attached hydrogens (tertiary/aromatic N) is 5. The van der Waals surface area contributed by atoms with Gasteiger partial charge in [0.15, 0.2) is 5.82 Å². The van der Waals surface area contributed by atoms with Gasteiger partial charge in [0.05, 0.1) is 50.0 Å². The summed E-state index contributed by atoms with van der Waals surface area (Å²) in [5, 5.41) is 8.86. The summed E-state index contributed by atoms with van der Waals surface area (Å²) in [6.07, 6.45) is 4.62. The Bertz CT molecular complexity index is 1450. The molecular formula is C31H36ClN7O4. The molecule has 2 atom stereocenters. The summed E-state index contributed by atoms with van der Waals surface area (Å²) in [6, 6.07) is 13.9. The van der Waals surface area contributed by atoms with E-state index in [4.69, 9.17) is 25.9 Å². The number of anilines is 5. The molecule has 3 fully saturated rings. The minimum Gasteiger partial charge on any atom is -0.494 e. The second kappa shape index (κ2) is 13.2. The van der Waals surface area contributed by atoms with E-state index in [1.807, 2.05) is 47.5 Å². The predicted octanol–water partition coefficient (Wildman–Crippen LogP) is 4.80. The summed E-state index contributed by atoms with van der Waals surface area (Å²) in [6.45, 7) is 9.34. The Labute approximate surface area is 256 Å². The summed E-state index contributed by atoms with van der Waals surface area (Å²) in [5.74, 6) is 1.51. The van der Waals surface area contributed by atoms with Crippen LogP contribution in [0.3, 0.4) is 0 Å². The molecule has 0 unspecified atom stereocenters. The Kier molecular flexibility index (Phi) is 8.94. The molecule has 6 rings (SSSR count). The maximum Gasteiger partial charge on any atom is 0.247 e. The van der Waals surface area contributed by atoms with Crippen molar-refractivity contribution in [1.29, 1.82) is 0 Å². The molecule has 1 aromatic heterocycles. The molecule has 3 aromatic rings. The van der Waals surface area contributed by atoms with Gasteiger partial charge in [-0.05, 0) is 36.3 Å². The van der Waals surface area contributed by atoms with E-state index in [9.17, 15) is 4.79 Å². The maximum absolute atomic E-state index is 12.5. The second-order valence-electron chi connectivity index (χ2n) is 10.7. The van der Waals surface area contributed by atoms with E-state index in [1.165, 1.54) is 12.4 Å². The number of aromatic nitrogens is 2. The minimum atomic E-state index is -0.287. The van der Waals surface area contributed by atoms with E-state index in [2.05, 4.69) is 37.0 Å². The lowest BCUT2D eigenvalue weighted by Crippen LogP contribution is -2.44. The first-order chi connectivity index (χ1) is 21.0. The zero-order chi connectivity index (χ0) is 29.8. The number of hydrogen-bond donors (Lipinski definition) is 2. The van der Waals surface area contributed by atoms with Crippen LogP contribution in [0.15, 0.2) is 61.4 Å². The second-order valence-corrected chi connectivity index (χ2v) is 11.1. The number of hydrogen-bond acceptors (Lipinski definition) is 10. The van der Waals surface area contributed by atoms with Crippen molar-refractivity contribution in [3.63, 3.8) is 0 Å². The van der Waals surface area contributed by atoms with Crippen molar-refractivity contribution in [2.45, 2.75) is 24.9 Å². The molecule has 0 aliphatic carbocycles. The third-order valence-electron chi connectivity index (χ3n) is 8.13. The largest absolute Gasteiger partial charge is 0.494 e. The third kappa shape index (κ3) is 6.54. The Morgan fingerprint density at radius 2 is 1.88 bits per heavy atom. The molecule has 12 heteroatoms. The number of carbonyl (C=O) groups excluding carboxylic acids is 1. The summed E-state index contributed by atoms with van der Waals surface area (Å²) < 4.78 is 11.4. The summed E-state index contributed by atoms with van der Waals surface area (Å²) in [5.41, 5.74) is 3.30. The molecule has 4 heterocycles. The molecule has 0 bridgehead atoms.